The quantitative estimate of drug-likeness (QED) is 0.293. The molecule has 35 heavy (non-hydrogen) atoms. The molecule has 0 radical (unpaired) electrons. The number of ether oxygens (including phenoxy) is 2. The highest BCUT2D eigenvalue weighted by Crippen LogP contribution is 2.34. The number of cyclic esters (lactones) is 1. The molecular weight excluding hydrogens is 484 g/mol. The summed E-state index contributed by atoms with van der Waals surface area (Å²) in [4.78, 5) is 33.3. The Morgan fingerprint density at radius 3 is 2.43 bits per heavy atom. The highest BCUT2D eigenvalue weighted by molar-refractivity contribution is 7.80. The van der Waals surface area contributed by atoms with Crippen LogP contribution < -0.4 is 4.90 Å². The molecule has 0 N–H and O–H groups in total. The van der Waals surface area contributed by atoms with Crippen molar-refractivity contribution in [3.63, 3.8) is 0 Å². The van der Waals surface area contributed by atoms with Gasteiger partial charge in [0.1, 0.15) is 12.1 Å². The SMILES string of the molecule is COC(=S)N1CCN(CCCCCCN2C(=S)N(c3ccc4c(c3)COC4=O)C(=O)C2(C)C)CC1. The maximum absolute atomic E-state index is 13.3. The van der Waals surface area contributed by atoms with Crippen molar-refractivity contribution < 1.29 is 19.1 Å². The Hall–Kier alpha value is -2.30. The third kappa shape index (κ3) is 5.29. The molecule has 0 spiro atoms. The first-order valence-electron chi connectivity index (χ1n) is 12.3. The fourth-order valence-electron chi connectivity index (χ4n) is 4.94. The second-order valence-corrected chi connectivity index (χ2v) is 10.5. The van der Waals surface area contributed by atoms with Crippen LogP contribution in [0.25, 0.3) is 0 Å². The van der Waals surface area contributed by atoms with E-state index < -0.39 is 5.54 Å². The van der Waals surface area contributed by atoms with Crippen LogP contribution in [-0.4, -0.2) is 88.8 Å². The van der Waals surface area contributed by atoms with E-state index in [-0.39, 0.29) is 18.5 Å². The first-order valence-corrected chi connectivity index (χ1v) is 13.1. The standard InChI is InChI=1S/C25H34N4O4S2/c1-25(2)22(31)29(19-8-9-20-18(16-19)17-33-21(20)30)23(34)28(25)11-7-5-4-6-10-26-12-14-27(15-13-26)24(35)32-3/h8-9,16H,4-7,10-15,17H2,1-3H3. The van der Waals surface area contributed by atoms with Crippen LogP contribution in [-0.2, 0) is 20.9 Å². The third-order valence-electron chi connectivity index (χ3n) is 7.16. The van der Waals surface area contributed by atoms with Crippen LogP contribution in [0.5, 0.6) is 0 Å². The highest BCUT2D eigenvalue weighted by Gasteiger charge is 2.49. The van der Waals surface area contributed by atoms with Gasteiger partial charge in [0.25, 0.3) is 11.1 Å². The van der Waals surface area contributed by atoms with Crippen LogP contribution in [0.4, 0.5) is 5.69 Å². The van der Waals surface area contributed by atoms with Crippen molar-refractivity contribution in [1.82, 2.24) is 14.7 Å². The lowest BCUT2D eigenvalue weighted by Gasteiger charge is -2.35. The molecule has 4 rings (SSSR count). The molecule has 190 valence electrons. The zero-order valence-corrected chi connectivity index (χ0v) is 22.4. The van der Waals surface area contributed by atoms with Gasteiger partial charge in [-0.1, -0.05) is 12.8 Å². The van der Waals surface area contributed by atoms with Gasteiger partial charge in [0, 0.05) is 38.3 Å². The Bertz CT molecular complexity index is 1010. The summed E-state index contributed by atoms with van der Waals surface area (Å²) >= 11 is 11.0. The van der Waals surface area contributed by atoms with Crippen LogP contribution in [0.3, 0.4) is 0 Å². The molecule has 0 saturated carbocycles. The average Bonchev–Trinajstić information content (AvgIpc) is 3.30. The molecule has 1 aromatic rings. The molecule has 10 heteroatoms. The van der Waals surface area contributed by atoms with E-state index in [0.717, 1.165) is 70.5 Å². The summed E-state index contributed by atoms with van der Waals surface area (Å²) in [6.45, 7) is 9.80. The lowest BCUT2D eigenvalue weighted by atomic mass is 10.0. The predicted molar refractivity (Wildman–Crippen MR) is 143 cm³/mol. The molecule has 3 aliphatic rings. The number of amides is 1. The number of piperazine rings is 1. The lowest BCUT2D eigenvalue weighted by molar-refractivity contribution is -0.123. The van der Waals surface area contributed by atoms with Crippen molar-refractivity contribution in [3.8, 4) is 0 Å². The number of esters is 1. The fraction of sp³-hybridized carbons (Fsp3) is 0.600. The van der Waals surface area contributed by atoms with Crippen molar-refractivity contribution in [2.45, 2.75) is 51.7 Å². The van der Waals surface area contributed by atoms with Crippen LogP contribution in [0.2, 0.25) is 0 Å². The molecule has 2 fully saturated rings. The van der Waals surface area contributed by atoms with E-state index in [9.17, 15) is 9.59 Å². The summed E-state index contributed by atoms with van der Waals surface area (Å²) in [5.41, 5.74) is 1.34. The maximum Gasteiger partial charge on any atom is 0.338 e. The second kappa shape index (κ2) is 10.8. The minimum Gasteiger partial charge on any atom is -0.474 e. The number of carbonyl (C=O) groups is 2. The number of carbonyl (C=O) groups excluding carboxylic acids is 2. The largest absolute Gasteiger partial charge is 0.474 e. The van der Waals surface area contributed by atoms with Crippen molar-refractivity contribution in [2.24, 2.45) is 0 Å². The van der Waals surface area contributed by atoms with Crippen molar-refractivity contribution in [2.75, 3.05) is 51.3 Å². The average molecular weight is 519 g/mol. The Kier molecular flexibility index (Phi) is 7.92. The Labute approximate surface area is 218 Å². The summed E-state index contributed by atoms with van der Waals surface area (Å²) in [5, 5.41) is 1.11. The zero-order valence-electron chi connectivity index (χ0n) is 20.7. The van der Waals surface area contributed by atoms with Crippen molar-refractivity contribution >= 4 is 52.3 Å². The molecule has 1 amide bonds. The van der Waals surface area contributed by atoms with Gasteiger partial charge >= 0.3 is 5.97 Å². The zero-order chi connectivity index (χ0) is 25.2. The molecule has 0 unspecified atom stereocenters. The van der Waals surface area contributed by atoms with E-state index in [0.29, 0.717) is 21.5 Å². The van der Waals surface area contributed by atoms with E-state index in [1.165, 1.54) is 0 Å². The summed E-state index contributed by atoms with van der Waals surface area (Å²) < 4.78 is 10.3. The highest BCUT2D eigenvalue weighted by atomic mass is 32.1. The van der Waals surface area contributed by atoms with Gasteiger partial charge in [0.15, 0.2) is 5.11 Å². The summed E-state index contributed by atoms with van der Waals surface area (Å²) in [6.07, 6.45) is 4.38. The molecule has 0 aromatic heterocycles. The molecule has 8 nitrogen and oxygen atoms in total. The van der Waals surface area contributed by atoms with E-state index in [1.807, 2.05) is 24.8 Å². The normalized spacial score (nSPS) is 19.9. The number of benzene rings is 1. The maximum atomic E-state index is 13.3. The van der Waals surface area contributed by atoms with E-state index >= 15 is 0 Å². The molecular formula is C25H34N4O4S2. The van der Waals surface area contributed by atoms with Gasteiger partial charge < -0.3 is 19.3 Å². The van der Waals surface area contributed by atoms with Gasteiger partial charge in [0.2, 0.25) is 0 Å². The molecule has 0 aliphatic carbocycles. The third-order valence-corrected chi connectivity index (χ3v) is 7.99. The van der Waals surface area contributed by atoms with Crippen LogP contribution in [0, 0.1) is 0 Å². The number of fused-ring (bicyclic) bond motifs is 1. The predicted octanol–water partition coefficient (Wildman–Crippen LogP) is 3.18. The van der Waals surface area contributed by atoms with E-state index in [2.05, 4.69) is 9.80 Å². The Morgan fingerprint density at radius 1 is 1.06 bits per heavy atom. The number of methoxy groups -OCH3 is 1. The first-order chi connectivity index (χ1) is 16.7. The van der Waals surface area contributed by atoms with E-state index in [1.54, 1.807) is 24.1 Å². The number of thiocarbonyl (C=S) groups is 2. The number of anilines is 1. The second-order valence-electron chi connectivity index (χ2n) is 9.76. The van der Waals surface area contributed by atoms with Gasteiger partial charge in [-0.2, -0.15) is 0 Å². The minimum atomic E-state index is -0.703. The Balaban J connectivity index is 1.23. The molecule has 2 saturated heterocycles. The van der Waals surface area contributed by atoms with Crippen molar-refractivity contribution in [1.29, 1.82) is 0 Å². The number of hydrogen-bond donors (Lipinski definition) is 0. The molecule has 0 atom stereocenters. The summed E-state index contributed by atoms with van der Waals surface area (Å²) in [5.74, 6) is -0.360. The molecule has 3 aliphatic heterocycles. The van der Waals surface area contributed by atoms with Gasteiger partial charge in [-0.25, -0.2) is 4.79 Å². The molecule has 0 bridgehead atoms. The Morgan fingerprint density at radius 2 is 1.74 bits per heavy atom. The number of hydrogen-bond acceptors (Lipinski definition) is 7. The van der Waals surface area contributed by atoms with Crippen molar-refractivity contribution in [3.05, 3.63) is 29.3 Å². The van der Waals surface area contributed by atoms with E-state index in [4.69, 9.17) is 33.9 Å². The number of unbranched alkanes of at least 4 members (excludes halogenated alkanes) is 3. The number of rotatable bonds is 8. The fourth-order valence-corrected chi connectivity index (χ4v) is 5.63. The topological polar surface area (TPSA) is 65.6 Å². The van der Waals surface area contributed by atoms with Crippen LogP contribution in [0.15, 0.2) is 18.2 Å². The number of nitrogens with zero attached hydrogens (tertiary/aromatic N) is 4. The van der Waals surface area contributed by atoms with Gasteiger partial charge in [0.05, 0.1) is 18.4 Å². The summed E-state index contributed by atoms with van der Waals surface area (Å²) in [6, 6.07) is 5.34. The van der Waals surface area contributed by atoms with Gasteiger partial charge in [-0.15, -0.1) is 0 Å². The molecule has 3 heterocycles. The first kappa shape index (κ1) is 25.8. The lowest BCUT2D eigenvalue weighted by Crippen LogP contribution is -2.48. The monoisotopic (exact) mass is 518 g/mol. The van der Waals surface area contributed by atoms with Gasteiger partial charge in [-0.05, 0) is 75.9 Å². The van der Waals surface area contributed by atoms with Gasteiger partial charge in [-0.3, -0.25) is 14.6 Å². The summed E-state index contributed by atoms with van der Waals surface area (Å²) in [7, 11) is 1.63. The molecule has 1 aromatic carbocycles. The minimum absolute atomic E-state index is 0.0419. The van der Waals surface area contributed by atoms with Crippen LogP contribution >= 0.6 is 24.4 Å². The smallest absolute Gasteiger partial charge is 0.338 e. The van der Waals surface area contributed by atoms with Crippen LogP contribution in [0.1, 0.15) is 55.5 Å².